The van der Waals surface area contributed by atoms with E-state index in [9.17, 15) is 4.39 Å². The van der Waals surface area contributed by atoms with Crippen LogP contribution < -0.4 is 4.74 Å². The van der Waals surface area contributed by atoms with Crippen molar-refractivity contribution in [1.82, 2.24) is 4.98 Å². The third kappa shape index (κ3) is 4.54. The highest BCUT2D eigenvalue weighted by molar-refractivity contribution is 6.31. The summed E-state index contributed by atoms with van der Waals surface area (Å²) in [5.41, 5.74) is 3.40. The van der Waals surface area contributed by atoms with Crippen molar-refractivity contribution in [2.75, 3.05) is 13.9 Å². The Morgan fingerprint density at radius 3 is 2.60 bits per heavy atom. The van der Waals surface area contributed by atoms with E-state index in [1.807, 2.05) is 37.3 Å². The van der Waals surface area contributed by atoms with Gasteiger partial charge in [0.25, 0.3) is 0 Å². The van der Waals surface area contributed by atoms with Crippen LogP contribution in [0.2, 0.25) is 10.2 Å². The maximum absolute atomic E-state index is 14.5. The van der Waals surface area contributed by atoms with E-state index in [2.05, 4.69) is 4.98 Å². The number of aromatic nitrogens is 1. The number of halogens is 3. The quantitative estimate of drug-likeness (QED) is 0.252. The third-order valence-corrected chi connectivity index (χ3v) is 4.93. The van der Waals surface area contributed by atoms with Gasteiger partial charge in [0.05, 0.1) is 5.69 Å². The minimum Gasteiger partial charge on any atom is -0.464 e. The average Bonchev–Trinajstić information content (AvgIpc) is 2.75. The molecule has 0 unspecified atom stereocenters. The highest BCUT2D eigenvalue weighted by Crippen LogP contribution is 2.39. The van der Waals surface area contributed by atoms with Gasteiger partial charge < -0.3 is 14.9 Å². The molecule has 0 bridgehead atoms. The molecule has 1 aromatic heterocycles. The lowest BCUT2D eigenvalue weighted by Gasteiger charge is -2.18. The Labute approximate surface area is 184 Å². The van der Waals surface area contributed by atoms with Crippen LogP contribution in [0, 0.1) is 11.2 Å². The smallest absolute Gasteiger partial charge is 0.188 e. The number of benzene rings is 2. The highest BCUT2D eigenvalue weighted by Gasteiger charge is 2.20. The summed E-state index contributed by atoms with van der Waals surface area (Å²) in [5.74, 6) is -0.168. The van der Waals surface area contributed by atoms with E-state index in [0.717, 1.165) is 11.1 Å². The standard InChI is InChI=1S/C23H19Cl2FN2O2/c1-3-16(17-7-5-4-6-14(17)12-27)18-11-21(19-10-15(24)8-9-20(19)26)28-23(25)22(18)30-13-29-2/h3-12,27H,13H2,1-2H3/b16-3+,27-12?. The Hall–Kier alpha value is -2.73. The largest absolute Gasteiger partial charge is 0.464 e. The van der Waals surface area contributed by atoms with Crippen molar-refractivity contribution in [3.8, 4) is 17.0 Å². The van der Waals surface area contributed by atoms with Crippen LogP contribution in [0.15, 0.2) is 54.6 Å². The van der Waals surface area contributed by atoms with E-state index in [0.29, 0.717) is 27.6 Å². The first kappa shape index (κ1) is 22.0. The van der Waals surface area contributed by atoms with E-state index in [4.69, 9.17) is 38.1 Å². The summed E-state index contributed by atoms with van der Waals surface area (Å²) in [6.07, 6.45) is 3.15. The summed E-state index contributed by atoms with van der Waals surface area (Å²) in [6, 6.07) is 13.4. The molecule has 0 amide bonds. The monoisotopic (exact) mass is 444 g/mol. The molecule has 0 spiro atoms. The predicted molar refractivity (Wildman–Crippen MR) is 119 cm³/mol. The maximum atomic E-state index is 14.5. The first-order chi connectivity index (χ1) is 14.5. The predicted octanol–water partition coefficient (Wildman–Crippen LogP) is 6.63. The number of nitrogens with zero attached hydrogens (tertiary/aromatic N) is 1. The van der Waals surface area contributed by atoms with Crippen LogP contribution in [0.25, 0.3) is 16.8 Å². The fraction of sp³-hybridized carbons (Fsp3) is 0.130. The molecule has 2 aromatic carbocycles. The maximum Gasteiger partial charge on any atom is 0.188 e. The molecule has 30 heavy (non-hydrogen) atoms. The lowest BCUT2D eigenvalue weighted by Crippen LogP contribution is -2.05. The van der Waals surface area contributed by atoms with E-state index < -0.39 is 5.82 Å². The Kier molecular flexibility index (Phi) is 7.21. The van der Waals surface area contributed by atoms with Crippen LogP contribution in [0.5, 0.6) is 5.75 Å². The van der Waals surface area contributed by atoms with Crippen molar-refractivity contribution in [2.24, 2.45) is 0 Å². The van der Waals surface area contributed by atoms with Crippen molar-refractivity contribution in [3.63, 3.8) is 0 Å². The first-order valence-electron chi connectivity index (χ1n) is 9.04. The van der Waals surface area contributed by atoms with Crippen LogP contribution in [-0.4, -0.2) is 25.1 Å². The number of methoxy groups -OCH3 is 1. The van der Waals surface area contributed by atoms with Gasteiger partial charge in [0, 0.05) is 29.5 Å². The molecular formula is C23H19Cl2FN2O2. The zero-order valence-corrected chi connectivity index (χ0v) is 17.9. The summed E-state index contributed by atoms with van der Waals surface area (Å²) in [4.78, 5) is 4.33. The second-order valence-electron chi connectivity index (χ2n) is 6.28. The van der Waals surface area contributed by atoms with E-state index >= 15 is 0 Å². The zero-order valence-electron chi connectivity index (χ0n) is 16.4. The molecule has 0 aliphatic rings. The van der Waals surface area contributed by atoms with E-state index in [1.165, 1.54) is 31.5 Å². The van der Waals surface area contributed by atoms with Crippen molar-refractivity contribution in [3.05, 3.63) is 87.3 Å². The molecule has 3 aromatic rings. The zero-order chi connectivity index (χ0) is 21.7. The average molecular weight is 445 g/mol. The summed E-state index contributed by atoms with van der Waals surface area (Å²) in [7, 11) is 1.50. The van der Waals surface area contributed by atoms with Gasteiger partial charge in [-0.1, -0.05) is 53.5 Å². The minimum atomic E-state index is -0.471. The number of hydrogen-bond donors (Lipinski definition) is 1. The summed E-state index contributed by atoms with van der Waals surface area (Å²) < 4.78 is 25.2. The number of allylic oxidation sites excluding steroid dienone is 1. The molecule has 1 heterocycles. The van der Waals surface area contributed by atoms with Crippen molar-refractivity contribution in [1.29, 1.82) is 5.41 Å². The Morgan fingerprint density at radius 1 is 1.13 bits per heavy atom. The topological polar surface area (TPSA) is 55.2 Å². The summed E-state index contributed by atoms with van der Waals surface area (Å²) >= 11 is 12.5. The molecule has 3 rings (SSSR count). The van der Waals surface area contributed by atoms with Crippen molar-refractivity contribution < 1.29 is 13.9 Å². The van der Waals surface area contributed by atoms with Gasteiger partial charge in [-0.05, 0) is 47.9 Å². The molecule has 1 N–H and O–H groups in total. The van der Waals surface area contributed by atoms with Crippen LogP contribution in [0.4, 0.5) is 4.39 Å². The molecule has 154 valence electrons. The fourth-order valence-electron chi connectivity index (χ4n) is 3.11. The van der Waals surface area contributed by atoms with Gasteiger partial charge in [0.1, 0.15) is 5.82 Å². The molecule has 0 fully saturated rings. The molecule has 7 heteroatoms. The Bertz CT molecular complexity index is 1120. The van der Waals surface area contributed by atoms with E-state index in [-0.39, 0.29) is 17.5 Å². The van der Waals surface area contributed by atoms with Gasteiger partial charge in [-0.25, -0.2) is 9.37 Å². The molecule has 0 saturated carbocycles. The van der Waals surface area contributed by atoms with Gasteiger partial charge in [0.15, 0.2) is 17.7 Å². The number of pyridine rings is 1. The Morgan fingerprint density at radius 2 is 1.90 bits per heavy atom. The highest BCUT2D eigenvalue weighted by atomic mass is 35.5. The van der Waals surface area contributed by atoms with Crippen LogP contribution in [0.3, 0.4) is 0 Å². The summed E-state index contributed by atoms with van der Waals surface area (Å²) in [5, 5.41) is 8.19. The lowest BCUT2D eigenvalue weighted by atomic mass is 9.93. The number of rotatable bonds is 7. The van der Waals surface area contributed by atoms with Crippen molar-refractivity contribution >= 4 is 35.0 Å². The fourth-order valence-corrected chi connectivity index (χ4v) is 3.53. The van der Waals surface area contributed by atoms with Crippen molar-refractivity contribution in [2.45, 2.75) is 6.92 Å². The van der Waals surface area contributed by atoms with Crippen LogP contribution in [-0.2, 0) is 4.74 Å². The van der Waals surface area contributed by atoms with E-state index in [1.54, 1.807) is 6.07 Å². The SMILES string of the molecule is C/C=C(\c1ccccc1C=N)c1cc(-c2cc(Cl)ccc2F)nc(Cl)c1OCOC. The van der Waals surface area contributed by atoms with Crippen LogP contribution >= 0.6 is 23.2 Å². The van der Waals surface area contributed by atoms with Gasteiger partial charge in [0.2, 0.25) is 0 Å². The van der Waals surface area contributed by atoms with Gasteiger partial charge in [-0.3, -0.25) is 0 Å². The molecule has 0 saturated heterocycles. The van der Waals surface area contributed by atoms with Gasteiger partial charge in [-0.2, -0.15) is 0 Å². The van der Waals surface area contributed by atoms with Crippen LogP contribution in [0.1, 0.15) is 23.6 Å². The third-order valence-electron chi connectivity index (χ3n) is 4.44. The number of nitrogens with one attached hydrogen (secondary N) is 1. The second-order valence-corrected chi connectivity index (χ2v) is 7.08. The minimum absolute atomic E-state index is 0.0392. The second kappa shape index (κ2) is 9.85. The molecule has 0 aliphatic carbocycles. The molecular weight excluding hydrogens is 426 g/mol. The molecule has 4 nitrogen and oxygen atoms in total. The number of ether oxygens (including phenoxy) is 2. The Balaban J connectivity index is 2.28. The lowest BCUT2D eigenvalue weighted by molar-refractivity contribution is 0.0507. The van der Waals surface area contributed by atoms with Gasteiger partial charge in [-0.15, -0.1) is 0 Å². The van der Waals surface area contributed by atoms with Gasteiger partial charge >= 0.3 is 0 Å². The molecule has 0 aliphatic heterocycles. The summed E-state index contributed by atoms with van der Waals surface area (Å²) in [6.45, 7) is 1.83. The molecule has 0 radical (unpaired) electrons. The molecule has 0 atom stereocenters. The number of hydrogen-bond acceptors (Lipinski definition) is 4. The first-order valence-corrected chi connectivity index (χ1v) is 9.80. The normalized spacial score (nSPS) is 11.4.